The fourth-order valence-electron chi connectivity index (χ4n) is 0.656. The van der Waals surface area contributed by atoms with Crippen molar-refractivity contribution >= 4 is 0 Å². The number of hydrogen-bond acceptors (Lipinski definition) is 5. The largest absolute Gasteiger partial charge is 0.479 e. The standard InChI is InChI=1S/C6H7N3O2/c7-2-1-4(8)5-3-6(10)11-9-5/h3-4,10H,1,8H2. The van der Waals surface area contributed by atoms with E-state index >= 15 is 0 Å². The second-order valence-electron chi connectivity index (χ2n) is 2.06. The highest BCUT2D eigenvalue weighted by atomic mass is 16.5. The number of nitrogens with zero attached hydrogens (tertiary/aromatic N) is 2. The Labute approximate surface area is 63.0 Å². The Bertz CT molecular complexity index is 276. The fraction of sp³-hybridized carbons (Fsp3) is 0.333. The van der Waals surface area contributed by atoms with Gasteiger partial charge in [0.2, 0.25) is 0 Å². The molecule has 11 heavy (non-hydrogen) atoms. The van der Waals surface area contributed by atoms with Crippen molar-refractivity contribution in [2.75, 3.05) is 0 Å². The molecule has 0 fully saturated rings. The van der Waals surface area contributed by atoms with E-state index in [2.05, 4.69) is 9.68 Å². The summed E-state index contributed by atoms with van der Waals surface area (Å²) in [6, 6.07) is 2.70. The summed E-state index contributed by atoms with van der Waals surface area (Å²) in [6.45, 7) is 0. The first kappa shape index (κ1) is 7.57. The van der Waals surface area contributed by atoms with Crippen molar-refractivity contribution in [3.05, 3.63) is 11.8 Å². The van der Waals surface area contributed by atoms with Gasteiger partial charge in [-0.2, -0.15) is 5.26 Å². The van der Waals surface area contributed by atoms with Gasteiger partial charge in [0.15, 0.2) is 0 Å². The number of hydrogen-bond donors (Lipinski definition) is 2. The highest BCUT2D eigenvalue weighted by Crippen LogP contribution is 2.16. The van der Waals surface area contributed by atoms with Gasteiger partial charge in [-0.3, -0.25) is 0 Å². The van der Waals surface area contributed by atoms with Gasteiger partial charge in [0.1, 0.15) is 5.69 Å². The van der Waals surface area contributed by atoms with Crippen LogP contribution in [0.2, 0.25) is 0 Å². The van der Waals surface area contributed by atoms with E-state index in [1.807, 2.05) is 6.07 Å². The zero-order valence-electron chi connectivity index (χ0n) is 5.69. The summed E-state index contributed by atoms with van der Waals surface area (Å²) in [5.41, 5.74) is 5.86. The van der Waals surface area contributed by atoms with Crippen molar-refractivity contribution in [2.24, 2.45) is 5.73 Å². The lowest BCUT2D eigenvalue weighted by molar-refractivity contribution is 0.275. The lowest BCUT2D eigenvalue weighted by Crippen LogP contribution is -2.09. The van der Waals surface area contributed by atoms with Crippen LogP contribution in [0, 0.1) is 11.3 Å². The third kappa shape index (κ3) is 1.69. The minimum atomic E-state index is -0.482. The molecule has 1 aromatic heterocycles. The van der Waals surface area contributed by atoms with Gasteiger partial charge in [0, 0.05) is 6.07 Å². The van der Waals surface area contributed by atoms with Crippen LogP contribution in [-0.4, -0.2) is 10.3 Å². The maximum Gasteiger partial charge on any atom is 0.309 e. The summed E-state index contributed by atoms with van der Waals surface area (Å²) >= 11 is 0. The Morgan fingerprint density at radius 3 is 3.09 bits per heavy atom. The van der Waals surface area contributed by atoms with Gasteiger partial charge in [-0.15, -0.1) is 0 Å². The van der Waals surface area contributed by atoms with Gasteiger partial charge in [-0.05, 0) is 0 Å². The number of rotatable bonds is 2. The molecule has 3 N–H and O–H groups in total. The average Bonchev–Trinajstić information content (AvgIpc) is 2.36. The van der Waals surface area contributed by atoms with Crippen LogP contribution in [0.3, 0.4) is 0 Å². The quantitative estimate of drug-likeness (QED) is 0.636. The lowest BCUT2D eigenvalue weighted by atomic mass is 10.2. The second kappa shape index (κ2) is 3.03. The molecule has 1 unspecified atom stereocenters. The fourth-order valence-corrected chi connectivity index (χ4v) is 0.656. The van der Waals surface area contributed by atoms with E-state index in [0.717, 1.165) is 0 Å². The number of nitriles is 1. The molecule has 0 aliphatic carbocycles. The van der Waals surface area contributed by atoms with E-state index in [1.54, 1.807) is 0 Å². The molecule has 5 nitrogen and oxygen atoms in total. The van der Waals surface area contributed by atoms with Crippen molar-refractivity contribution < 1.29 is 9.63 Å². The van der Waals surface area contributed by atoms with E-state index in [1.165, 1.54) is 6.07 Å². The molecule has 0 saturated carbocycles. The molecule has 1 heterocycles. The summed E-state index contributed by atoms with van der Waals surface area (Å²) in [6.07, 6.45) is 0.159. The second-order valence-corrected chi connectivity index (χ2v) is 2.06. The van der Waals surface area contributed by atoms with E-state index in [0.29, 0.717) is 5.69 Å². The first-order chi connectivity index (χ1) is 5.24. The molecule has 1 rings (SSSR count). The highest BCUT2D eigenvalue weighted by molar-refractivity contribution is 5.13. The van der Waals surface area contributed by atoms with E-state index < -0.39 is 6.04 Å². The number of aromatic hydroxyl groups is 1. The molecule has 58 valence electrons. The Morgan fingerprint density at radius 1 is 1.91 bits per heavy atom. The first-order valence-corrected chi connectivity index (χ1v) is 3.02. The van der Waals surface area contributed by atoms with Crippen molar-refractivity contribution in [3.63, 3.8) is 0 Å². The Kier molecular flexibility index (Phi) is 2.09. The summed E-state index contributed by atoms with van der Waals surface area (Å²) in [5.74, 6) is -0.284. The number of nitrogens with two attached hydrogens (primary N) is 1. The van der Waals surface area contributed by atoms with Gasteiger partial charge in [0.05, 0.1) is 18.5 Å². The van der Waals surface area contributed by atoms with Crippen molar-refractivity contribution in [2.45, 2.75) is 12.5 Å². The normalized spacial score (nSPS) is 12.4. The monoisotopic (exact) mass is 153 g/mol. The van der Waals surface area contributed by atoms with Gasteiger partial charge in [0.25, 0.3) is 0 Å². The van der Waals surface area contributed by atoms with Gasteiger partial charge in [-0.1, -0.05) is 5.16 Å². The predicted octanol–water partition coefficient (Wildman–Crippen LogP) is 0.294. The Balaban J connectivity index is 2.70. The van der Waals surface area contributed by atoms with Crippen LogP contribution < -0.4 is 5.73 Å². The predicted molar refractivity (Wildman–Crippen MR) is 35.3 cm³/mol. The molecule has 0 saturated heterocycles. The summed E-state index contributed by atoms with van der Waals surface area (Å²) in [7, 11) is 0. The SMILES string of the molecule is N#CCC(N)c1cc(O)on1. The first-order valence-electron chi connectivity index (χ1n) is 3.02. The molecule has 0 aromatic carbocycles. The number of aromatic nitrogens is 1. The third-order valence-corrected chi connectivity index (χ3v) is 1.21. The van der Waals surface area contributed by atoms with Crippen LogP contribution in [0.25, 0.3) is 0 Å². The highest BCUT2D eigenvalue weighted by Gasteiger charge is 2.10. The van der Waals surface area contributed by atoms with Crippen LogP contribution in [0.4, 0.5) is 0 Å². The van der Waals surface area contributed by atoms with Crippen LogP contribution in [-0.2, 0) is 0 Å². The Hall–Kier alpha value is -1.54. The minimum absolute atomic E-state index is 0.159. The van der Waals surface area contributed by atoms with Gasteiger partial charge < -0.3 is 15.4 Å². The molecular weight excluding hydrogens is 146 g/mol. The van der Waals surface area contributed by atoms with Crippen LogP contribution >= 0.6 is 0 Å². The van der Waals surface area contributed by atoms with E-state index in [4.69, 9.17) is 16.1 Å². The summed E-state index contributed by atoms with van der Waals surface area (Å²) < 4.78 is 4.35. The molecule has 0 bridgehead atoms. The summed E-state index contributed by atoms with van der Waals surface area (Å²) in [5, 5.41) is 20.4. The minimum Gasteiger partial charge on any atom is -0.479 e. The van der Waals surface area contributed by atoms with Crippen molar-refractivity contribution in [1.82, 2.24) is 5.16 Å². The molecule has 1 atom stereocenters. The van der Waals surface area contributed by atoms with Crippen LogP contribution in [0.1, 0.15) is 18.2 Å². The molecular formula is C6H7N3O2. The molecule has 0 radical (unpaired) electrons. The van der Waals surface area contributed by atoms with Crippen molar-refractivity contribution in [1.29, 1.82) is 5.26 Å². The topological polar surface area (TPSA) is 96.1 Å². The summed E-state index contributed by atoms with van der Waals surface area (Å²) in [4.78, 5) is 0. The van der Waals surface area contributed by atoms with Gasteiger partial charge >= 0.3 is 5.95 Å². The van der Waals surface area contributed by atoms with Crippen LogP contribution in [0.5, 0.6) is 5.95 Å². The maximum atomic E-state index is 8.70. The molecule has 1 aromatic rings. The van der Waals surface area contributed by atoms with Gasteiger partial charge in [-0.25, -0.2) is 0 Å². The average molecular weight is 153 g/mol. The van der Waals surface area contributed by atoms with E-state index in [-0.39, 0.29) is 12.4 Å². The lowest BCUT2D eigenvalue weighted by Gasteiger charge is -1.98. The zero-order chi connectivity index (χ0) is 8.27. The molecule has 0 aliphatic rings. The Morgan fingerprint density at radius 2 is 2.64 bits per heavy atom. The maximum absolute atomic E-state index is 8.70. The molecule has 0 aliphatic heterocycles. The molecule has 0 amide bonds. The zero-order valence-corrected chi connectivity index (χ0v) is 5.69. The van der Waals surface area contributed by atoms with Crippen LogP contribution in [0.15, 0.2) is 10.6 Å². The van der Waals surface area contributed by atoms with E-state index in [9.17, 15) is 0 Å². The third-order valence-electron chi connectivity index (χ3n) is 1.21. The van der Waals surface area contributed by atoms with Crippen molar-refractivity contribution in [3.8, 4) is 12.0 Å². The molecule has 5 heteroatoms. The smallest absolute Gasteiger partial charge is 0.309 e. The molecule has 0 spiro atoms.